The van der Waals surface area contributed by atoms with Gasteiger partial charge in [-0.2, -0.15) is 0 Å². The van der Waals surface area contributed by atoms with Crippen LogP contribution in [0, 0.1) is 0 Å². The Kier molecular flexibility index (Phi) is 3.47. The molecule has 17 heavy (non-hydrogen) atoms. The lowest BCUT2D eigenvalue weighted by molar-refractivity contribution is 0.575. The standard InChI is InChI=1S/C14H16BrOP/c1-17(2,16)14(15)10-8-13(9-11-14)12-6-4-3-5-7-12/h3-10H,11H2,1-2H3. The van der Waals surface area contributed by atoms with Gasteiger partial charge in [-0.25, -0.2) is 0 Å². The molecule has 0 heterocycles. The van der Waals surface area contributed by atoms with Crippen molar-refractivity contribution in [2.45, 2.75) is 10.5 Å². The molecule has 0 fully saturated rings. The predicted molar refractivity (Wildman–Crippen MR) is 79.3 cm³/mol. The van der Waals surface area contributed by atoms with Crippen molar-refractivity contribution in [2.24, 2.45) is 0 Å². The average molecular weight is 311 g/mol. The van der Waals surface area contributed by atoms with Crippen LogP contribution in [0.1, 0.15) is 12.0 Å². The Hall–Kier alpha value is -0.590. The molecule has 0 saturated carbocycles. The van der Waals surface area contributed by atoms with Gasteiger partial charge in [0.1, 0.15) is 7.14 Å². The maximum Gasteiger partial charge on any atom is 0.102 e. The SMILES string of the molecule is CP(C)(=O)C1(Br)C=CC(c2ccccc2)=CC1. The van der Waals surface area contributed by atoms with Crippen molar-refractivity contribution in [3.05, 3.63) is 54.1 Å². The van der Waals surface area contributed by atoms with E-state index in [0.717, 1.165) is 6.42 Å². The lowest BCUT2D eigenvalue weighted by Gasteiger charge is -2.30. The maximum absolute atomic E-state index is 12.2. The van der Waals surface area contributed by atoms with Crippen LogP contribution in [0.2, 0.25) is 0 Å². The van der Waals surface area contributed by atoms with Crippen LogP contribution in [0.4, 0.5) is 0 Å². The largest absolute Gasteiger partial charge is 0.322 e. The van der Waals surface area contributed by atoms with Gasteiger partial charge in [0.2, 0.25) is 0 Å². The first kappa shape index (κ1) is 12.9. The highest BCUT2D eigenvalue weighted by Gasteiger charge is 2.37. The van der Waals surface area contributed by atoms with Crippen molar-refractivity contribution in [2.75, 3.05) is 13.3 Å². The molecule has 1 aromatic rings. The lowest BCUT2D eigenvalue weighted by Crippen LogP contribution is -2.18. The quantitative estimate of drug-likeness (QED) is 0.569. The summed E-state index contributed by atoms with van der Waals surface area (Å²) in [4.78, 5) is 0. The fraction of sp³-hybridized carbons (Fsp3) is 0.286. The van der Waals surface area contributed by atoms with Crippen LogP contribution in [-0.2, 0) is 4.57 Å². The molecule has 2 rings (SSSR count). The number of benzene rings is 1. The summed E-state index contributed by atoms with van der Waals surface area (Å²) < 4.78 is 11.8. The third-order valence-electron chi connectivity index (χ3n) is 3.13. The molecule has 0 radical (unpaired) electrons. The molecule has 3 heteroatoms. The van der Waals surface area contributed by atoms with E-state index in [4.69, 9.17) is 0 Å². The third kappa shape index (κ3) is 2.64. The summed E-state index contributed by atoms with van der Waals surface area (Å²) in [6.45, 7) is 3.65. The summed E-state index contributed by atoms with van der Waals surface area (Å²) >= 11 is 3.62. The topological polar surface area (TPSA) is 17.1 Å². The Morgan fingerprint density at radius 2 is 1.88 bits per heavy atom. The fourth-order valence-corrected chi connectivity index (χ4v) is 3.11. The number of halogens is 1. The van der Waals surface area contributed by atoms with E-state index in [9.17, 15) is 4.57 Å². The highest BCUT2D eigenvalue weighted by molar-refractivity contribution is 9.11. The van der Waals surface area contributed by atoms with E-state index in [0.29, 0.717) is 0 Å². The number of hydrogen-bond acceptors (Lipinski definition) is 1. The van der Waals surface area contributed by atoms with Crippen LogP contribution in [0.15, 0.2) is 48.6 Å². The van der Waals surface area contributed by atoms with E-state index in [1.807, 2.05) is 37.6 Å². The molecule has 0 amide bonds. The third-order valence-corrected chi connectivity index (χ3v) is 8.40. The molecule has 0 saturated heterocycles. The van der Waals surface area contributed by atoms with E-state index in [-0.39, 0.29) is 4.07 Å². The van der Waals surface area contributed by atoms with Crippen LogP contribution in [0.5, 0.6) is 0 Å². The van der Waals surface area contributed by atoms with E-state index < -0.39 is 7.14 Å². The zero-order valence-corrected chi connectivity index (χ0v) is 12.5. The van der Waals surface area contributed by atoms with Gasteiger partial charge in [-0.05, 0) is 30.9 Å². The summed E-state index contributed by atoms with van der Waals surface area (Å²) in [5.74, 6) is 0. The Morgan fingerprint density at radius 1 is 1.24 bits per heavy atom. The molecular weight excluding hydrogens is 295 g/mol. The molecule has 0 aliphatic heterocycles. The lowest BCUT2D eigenvalue weighted by atomic mass is 9.99. The molecule has 1 aliphatic carbocycles. The Bertz CT molecular complexity index is 512. The van der Waals surface area contributed by atoms with Crippen molar-refractivity contribution < 1.29 is 4.57 Å². The molecule has 1 aliphatic rings. The molecule has 1 unspecified atom stereocenters. The van der Waals surface area contributed by atoms with Crippen LogP contribution >= 0.6 is 23.1 Å². The minimum Gasteiger partial charge on any atom is -0.322 e. The minimum absolute atomic E-state index is 0.363. The zero-order valence-electron chi connectivity index (χ0n) is 10.1. The van der Waals surface area contributed by atoms with Gasteiger partial charge in [0.25, 0.3) is 0 Å². The first-order chi connectivity index (χ1) is 7.92. The highest BCUT2D eigenvalue weighted by Crippen LogP contribution is 2.59. The molecule has 0 N–H and O–H groups in total. The van der Waals surface area contributed by atoms with Crippen molar-refractivity contribution >= 4 is 28.6 Å². The molecule has 1 aromatic carbocycles. The Labute approximate surface area is 111 Å². The summed E-state index contributed by atoms with van der Waals surface area (Å²) in [6.07, 6.45) is 7.03. The Morgan fingerprint density at radius 3 is 2.35 bits per heavy atom. The monoisotopic (exact) mass is 310 g/mol. The summed E-state index contributed by atoms with van der Waals surface area (Å²) in [7, 11) is -2.19. The van der Waals surface area contributed by atoms with Gasteiger partial charge < -0.3 is 4.57 Å². The van der Waals surface area contributed by atoms with Gasteiger partial charge in [0, 0.05) is 0 Å². The van der Waals surface area contributed by atoms with Crippen LogP contribution < -0.4 is 0 Å². The van der Waals surface area contributed by atoms with E-state index in [1.54, 1.807) is 0 Å². The fourth-order valence-electron chi connectivity index (χ4n) is 1.85. The second-order valence-corrected chi connectivity index (χ2v) is 10.3. The number of alkyl halides is 1. The van der Waals surface area contributed by atoms with Gasteiger partial charge >= 0.3 is 0 Å². The van der Waals surface area contributed by atoms with E-state index in [2.05, 4.69) is 40.2 Å². The van der Waals surface area contributed by atoms with Crippen molar-refractivity contribution in [3.8, 4) is 0 Å². The van der Waals surface area contributed by atoms with Gasteiger partial charge in [-0.1, -0.05) is 64.5 Å². The first-order valence-corrected chi connectivity index (χ1v) is 9.01. The second-order valence-electron chi connectivity index (χ2n) is 4.73. The van der Waals surface area contributed by atoms with Gasteiger partial charge in [0.05, 0.1) is 4.07 Å². The second kappa shape index (κ2) is 4.59. The summed E-state index contributed by atoms with van der Waals surface area (Å²) in [6, 6.07) is 10.3. The molecule has 90 valence electrons. The van der Waals surface area contributed by atoms with E-state index in [1.165, 1.54) is 11.1 Å². The zero-order chi connectivity index (χ0) is 12.5. The molecule has 1 atom stereocenters. The number of hydrogen-bond donors (Lipinski definition) is 0. The van der Waals surface area contributed by atoms with Crippen LogP contribution in [-0.4, -0.2) is 17.4 Å². The van der Waals surface area contributed by atoms with Gasteiger partial charge in [-0.3, -0.25) is 0 Å². The summed E-state index contributed by atoms with van der Waals surface area (Å²) in [5.41, 5.74) is 2.41. The molecular formula is C14H16BrOP. The predicted octanol–water partition coefficient (Wildman–Crippen LogP) is 4.74. The van der Waals surface area contributed by atoms with E-state index >= 15 is 0 Å². The Balaban J connectivity index is 2.26. The van der Waals surface area contributed by atoms with Gasteiger partial charge in [-0.15, -0.1) is 0 Å². The first-order valence-electron chi connectivity index (χ1n) is 5.61. The van der Waals surface area contributed by atoms with Crippen molar-refractivity contribution in [3.63, 3.8) is 0 Å². The molecule has 1 nitrogen and oxygen atoms in total. The molecule has 0 aromatic heterocycles. The smallest absolute Gasteiger partial charge is 0.102 e. The van der Waals surface area contributed by atoms with Crippen molar-refractivity contribution in [1.29, 1.82) is 0 Å². The summed E-state index contributed by atoms with van der Waals surface area (Å²) in [5, 5.41) is 0. The molecule has 0 bridgehead atoms. The van der Waals surface area contributed by atoms with Crippen LogP contribution in [0.3, 0.4) is 0 Å². The van der Waals surface area contributed by atoms with Crippen LogP contribution in [0.25, 0.3) is 5.57 Å². The minimum atomic E-state index is -2.19. The number of allylic oxidation sites excluding steroid dienone is 4. The maximum atomic E-state index is 12.2. The molecule has 0 spiro atoms. The number of rotatable bonds is 2. The normalized spacial score (nSPS) is 24.5. The average Bonchev–Trinajstić information content (AvgIpc) is 2.30. The van der Waals surface area contributed by atoms with Crippen molar-refractivity contribution in [1.82, 2.24) is 0 Å². The van der Waals surface area contributed by atoms with Gasteiger partial charge in [0.15, 0.2) is 0 Å². The highest BCUT2D eigenvalue weighted by atomic mass is 79.9.